The van der Waals surface area contributed by atoms with Crippen LogP contribution < -0.4 is 11.1 Å². The van der Waals surface area contributed by atoms with E-state index in [1.807, 2.05) is 30.7 Å². The van der Waals surface area contributed by atoms with E-state index in [-0.39, 0.29) is 0 Å². The number of thiazole rings is 1. The molecule has 1 aromatic carbocycles. The third-order valence-corrected chi connectivity index (χ3v) is 6.53. The Morgan fingerprint density at radius 2 is 2.00 bits per heavy atom. The zero-order valence-corrected chi connectivity index (χ0v) is 18.7. The number of nitrogens with one attached hydrogen (secondary N) is 1. The lowest BCUT2D eigenvalue weighted by molar-refractivity contribution is 0.370. The van der Waals surface area contributed by atoms with Crippen molar-refractivity contribution < 1.29 is 0 Å². The Hall–Kier alpha value is -3.55. The molecule has 1 aliphatic rings. The second-order valence-corrected chi connectivity index (χ2v) is 9.03. The zero-order chi connectivity index (χ0) is 22.1. The van der Waals surface area contributed by atoms with Crippen LogP contribution in [0.25, 0.3) is 32.5 Å². The van der Waals surface area contributed by atoms with Gasteiger partial charge in [-0.3, -0.25) is 4.98 Å². The number of anilines is 2. The normalized spacial score (nSPS) is 14.3. The second-order valence-electron chi connectivity index (χ2n) is 7.97. The summed E-state index contributed by atoms with van der Waals surface area (Å²) in [5.74, 6) is 0.750. The number of nitrogen functional groups attached to an aromatic ring is 1. The Labute approximate surface area is 191 Å². The molecule has 4 heterocycles. The molecule has 0 saturated carbocycles. The van der Waals surface area contributed by atoms with Crippen molar-refractivity contribution in [2.45, 2.75) is 6.42 Å². The highest BCUT2D eigenvalue weighted by molar-refractivity contribution is 7.18. The van der Waals surface area contributed by atoms with Gasteiger partial charge in [-0.1, -0.05) is 36.1 Å². The molecule has 1 aliphatic heterocycles. The lowest BCUT2D eigenvalue weighted by atomic mass is 10.0. The Morgan fingerprint density at radius 3 is 2.78 bits per heavy atom. The molecule has 0 aliphatic carbocycles. The lowest BCUT2D eigenvalue weighted by Gasteiger charge is -2.21. The van der Waals surface area contributed by atoms with E-state index < -0.39 is 0 Å². The number of rotatable bonds is 5. The van der Waals surface area contributed by atoms with Crippen LogP contribution >= 0.6 is 11.3 Å². The van der Waals surface area contributed by atoms with Crippen molar-refractivity contribution in [1.29, 1.82) is 0 Å². The topological polar surface area (TPSA) is 80.0 Å². The lowest BCUT2D eigenvalue weighted by Crippen LogP contribution is -2.23. The summed E-state index contributed by atoms with van der Waals surface area (Å²) in [7, 11) is 2.13. The van der Waals surface area contributed by atoms with Gasteiger partial charge in [-0.05, 0) is 54.3 Å². The van der Waals surface area contributed by atoms with Crippen LogP contribution in [0.1, 0.15) is 17.7 Å². The molecule has 0 atom stereocenters. The first-order chi connectivity index (χ1) is 15.5. The number of hydrogen-bond donors (Lipinski definition) is 2. The first-order valence-corrected chi connectivity index (χ1v) is 11.3. The Bertz CT molecular complexity index is 1340. The average Bonchev–Trinajstić information content (AvgIpc) is 3.25. The standard InChI is InChI=1S/C25H24N6S/c1-16(18-5-8-27-22(12-18)17-6-9-31(2)10-7-17)30-24-13-21-11-19(3-4-20(21)14-28-24)23-15-29-25(26)32-23/h3-6,8,11-15H,1,7,9-10H2,2H3,(H2,26,29)(H,28,30). The van der Waals surface area contributed by atoms with E-state index >= 15 is 0 Å². The third-order valence-electron chi connectivity index (χ3n) is 5.66. The smallest absolute Gasteiger partial charge is 0.180 e. The van der Waals surface area contributed by atoms with Crippen molar-refractivity contribution in [3.05, 3.63) is 78.9 Å². The summed E-state index contributed by atoms with van der Waals surface area (Å²) in [5, 5.41) is 6.09. The third kappa shape index (κ3) is 4.26. The van der Waals surface area contributed by atoms with Crippen LogP contribution in [0.2, 0.25) is 0 Å². The van der Waals surface area contributed by atoms with Crippen molar-refractivity contribution in [2.24, 2.45) is 0 Å². The fourth-order valence-electron chi connectivity index (χ4n) is 3.81. The summed E-state index contributed by atoms with van der Waals surface area (Å²) in [6, 6.07) is 12.4. The van der Waals surface area contributed by atoms with Crippen molar-refractivity contribution in [2.75, 3.05) is 31.2 Å². The van der Waals surface area contributed by atoms with E-state index in [4.69, 9.17) is 5.73 Å². The number of nitrogens with two attached hydrogens (primary N) is 1. The summed E-state index contributed by atoms with van der Waals surface area (Å²) in [4.78, 5) is 16.6. The molecule has 4 aromatic rings. The number of nitrogens with zero attached hydrogens (tertiary/aromatic N) is 4. The Balaban J connectivity index is 1.38. The van der Waals surface area contributed by atoms with Gasteiger partial charge in [0, 0.05) is 48.3 Å². The van der Waals surface area contributed by atoms with Gasteiger partial charge >= 0.3 is 0 Å². The first kappa shape index (κ1) is 20.4. The van der Waals surface area contributed by atoms with Crippen LogP contribution in [-0.2, 0) is 0 Å². The van der Waals surface area contributed by atoms with Crippen LogP contribution in [0.3, 0.4) is 0 Å². The number of fused-ring (bicyclic) bond motifs is 1. The quantitative estimate of drug-likeness (QED) is 0.447. The molecule has 0 unspecified atom stereocenters. The van der Waals surface area contributed by atoms with Crippen LogP contribution in [0.4, 0.5) is 10.9 Å². The van der Waals surface area contributed by atoms with Gasteiger partial charge in [0.15, 0.2) is 5.13 Å². The Morgan fingerprint density at radius 1 is 1.09 bits per heavy atom. The fraction of sp³-hybridized carbons (Fsp3) is 0.160. The van der Waals surface area contributed by atoms with E-state index in [1.54, 1.807) is 0 Å². The highest BCUT2D eigenvalue weighted by Crippen LogP contribution is 2.31. The molecule has 7 heteroatoms. The average molecular weight is 441 g/mol. The van der Waals surface area contributed by atoms with Gasteiger partial charge in [-0.25, -0.2) is 9.97 Å². The minimum absolute atomic E-state index is 0.571. The van der Waals surface area contributed by atoms with E-state index in [2.05, 4.69) is 69.1 Å². The maximum absolute atomic E-state index is 5.79. The SMILES string of the molecule is C=C(Nc1cc2cc(-c3cnc(N)s3)ccc2cn1)c1ccnc(C2=CCN(C)CC2)c1. The molecular weight excluding hydrogens is 416 g/mol. The van der Waals surface area contributed by atoms with Crippen molar-refractivity contribution in [1.82, 2.24) is 19.9 Å². The zero-order valence-electron chi connectivity index (χ0n) is 17.9. The summed E-state index contributed by atoms with van der Waals surface area (Å²) in [6.45, 7) is 6.25. The minimum Gasteiger partial charge on any atom is -0.375 e. The van der Waals surface area contributed by atoms with Gasteiger partial charge in [0.25, 0.3) is 0 Å². The molecule has 32 heavy (non-hydrogen) atoms. The van der Waals surface area contributed by atoms with Gasteiger partial charge in [0.1, 0.15) is 5.82 Å². The first-order valence-electron chi connectivity index (χ1n) is 10.5. The summed E-state index contributed by atoms with van der Waals surface area (Å²) in [6.07, 6.45) is 8.79. The van der Waals surface area contributed by atoms with Crippen molar-refractivity contribution in [3.63, 3.8) is 0 Å². The number of aromatic nitrogens is 3. The number of likely N-dealkylation sites (N-methyl/N-ethyl adjacent to an activating group) is 1. The van der Waals surface area contributed by atoms with Crippen LogP contribution in [0.15, 0.2) is 67.6 Å². The molecule has 0 spiro atoms. The largest absolute Gasteiger partial charge is 0.375 e. The molecule has 0 fully saturated rings. The van der Waals surface area contributed by atoms with Gasteiger partial charge < -0.3 is 16.0 Å². The molecule has 0 saturated heterocycles. The Kier molecular flexibility index (Phi) is 5.43. The van der Waals surface area contributed by atoms with Crippen molar-refractivity contribution in [3.8, 4) is 10.4 Å². The van der Waals surface area contributed by atoms with E-state index in [0.717, 1.165) is 63.5 Å². The number of pyridine rings is 2. The highest BCUT2D eigenvalue weighted by Gasteiger charge is 2.12. The molecule has 0 bridgehead atoms. The van der Waals surface area contributed by atoms with Gasteiger partial charge in [0.2, 0.25) is 0 Å². The van der Waals surface area contributed by atoms with E-state index in [9.17, 15) is 0 Å². The predicted octanol–water partition coefficient (Wildman–Crippen LogP) is 5.14. The molecule has 3 aromatic heterocycles. The second kappa shape index (κ2) is 8.53. The molecule has 0 amide bonds. The van der Waals surface area contributed by atoms with Crippen LogP contribution in [0.5, 0.6) is 0 Å². The molecule has 6 nitrogen and oxygen atoms in total. The maximum atomic E-state index is 5.79. The van der Waals surface area contributed by atoms with E-state index in [0.29, 0.717) is 5.13 Å². The summed E-state index contributed by atoms with van der Waals surface area (Å²) < 4.78 is 0. The molecular formula is C25H24N6S. The number of hydrogen-bond acceptors (Lipinski definition) is 7. The minimum atomic E-state index is 0.571. The highest BCUT2D eigenvalue weighted by atomic mass is 32.1. The fourth-order valence-corrected chi connectivity index (χ4v) is 4.49. The van der Waals surface area contributed by atoms with Gasteiger partial charge in [-0.15, -0.1) is 0 Å². The predicted molar refractivity (Wildman–Crippen MR) is 134 cm³/mol. The molecule has 160 valence electrons. The summed E-state index contributed by atoms with van der Waals surface area (Å²) in [5.41, 5.74) is 11.0. The molecule has 3 N–H and O–H groups in total. The van der Waals surface area contributed by atoms with Gasteiger partial charge in [-0.2, -0.15) is 0 Å². The van der Waals surface area contributed by atoms with Crippen LogP contribution in [-0.4, -0.2) is 40.0 Å². The molecule has 5 rings (SSSR count). The van der Waals surface area contributed by atoms with Gasteiger partial charge in [0.05, 0.1) is 10.6 Å². The summed E-state index contributed by atoms with van der Waals surface area (Å²) >= 11 is 1.48. The van der Waals surface area contributed by atoms with Crippen molar-refractivity contribution >= 4 is 44.3 Å². The van der Waals surface area contributed by atoms with E-state index in [1.165, 1.54) is 16.9 Å². The number of benzene rings is 1. The molecule has 0 radical (unpaired) electrons. The maximum Gasteiger partial charge on any atom is 0.180 e. The van der Waals surface area contributed by atoms with Crippen LogP contribution in [0, 0.1) is 0 Å². The monoisotopic (exact) mass is 440 g/mol.